The highest BCUT2D eigenvalue weighted by Crippen LogP contribution is 2.34. The van der Waals surface area contributed by atoms with Crippen molar-refractivity contribution in [1.29, 1.82) is 0 Å². The summed E-state index contributed by atoms with van der Waals surface area (Å²) in [6.45, 7) is 23.2. The van der Waals surface area contributed by atoms with Gasteiger partial charge in [0.25, 0.3) is 0 Å². The quantitative estimate of drug-likeness (QED) is 0.112. The molecule has 9 heteroatoms. The van der Waals surface area contributed by atoms with Crippen LogP contribution in [-0.4, -0.2) is 59.6 Å². The number of sulfonamides is 1. The number of ether oxygens (including phenoxy) is 1. The number of hydrogen-bond donors (Lipinski definition) is 3. The molecule has 4 rings (SSSR count). The molecule has 0 amide bonds. The zero-order valence-electron chi connectivity index (χ0n) is 30.3. The van der Waals surface area contributed by atoms with Crippen molar-refractivity contribution in [1.82, 2.24) is 13.9 Å². The van der Waals surface area contributed by atoms with E-state index in [1.54, 1.807) is 0 Å². The van der Waals surface area contributed by atoms with E-state index >= 15 is 0 Å². The van der Waals surface area contributed by atoms with Gasteiger partial charge in [-0.2, -0.15) is 4.72 Å². The Bertz CT molecular complexity index is 1800. The van der Waals surface area contributed by atoms with Crippen LogP contribution in [0.4, 0.5) is 0 Å². The van der Waals surface area contributed by atoms with E-state index < -0.39 is 22.4 Å². The van der Waals surface area contributed by atoms with Gasteiger partial charge in [0.15, 0.2) is 0 Å². The summed E-state index contributed by atoms with van der Waals surface area (Å²) in [6, 6.07) is 17.4. The Morgan fingerprint density at radius 2 is 1.30 bits per heavy atom. The second-order valence-electron chi connectivity index (χ2n) is 16.4. The maximum Gasteiger partial charge on any atom is 0.210 e. The summed E-state index contributed by atoms with van der Waals surface area (Å²) in [7, 11) is -3.54. The molecule has 3 N–H and O–H groups in total. The highest BCUT2D eigenvalue weighted by molar-refractivity contribution is 7.88. The summed E-state index contributed by atoms with van der Waals surface area (Å²) in [5.74, 6) is 0.230. The minimum Gasteiger partial charge on any atom is -0.389 e. The lowest BCUT2D eigenvalue weighted by atomic mass is 9.86. The molecule has 3 atom stereocenters. The van der Waals surface area contributed by atoms with E-state index in [4.69, 9.17) is 4.74 Å². The van der Waals surface area contributed by atoms with Crippen molar-refractivity contribution < 1.29 is 23.4 Å². The van der Waals surface area contributed by atoms with Crippen LogP contribution in [0.15, 0.2) is 48.5 Å². The van der Waals surface area contributed by atoms with Crippen molar-refractivity contribution in [3.63, 3.8) is 0 Å². The zero-order chi connectivity index (χ0) is 35.1. The van der Waals surface area contributed by atoms with Gasteiger partial charge in [-0.25, -0.2) is 8.42 Å². The van der Waals surface area contributed by atoms with Crippen LogP contribution >= 0.6 is 0 Å². The van der Waals surface area contributed by atoms with Crippen LogP contribution in [0.1, 0.15) is 104 Å². The number of nitrogens with one attached hydrogen (secondary N) is 1. The summed E-state index contributed by atoms with van der Waals surface area (Å²) in [4.78, 5) is 0. The monoisotopic (exact) mass is 667 g/mol. The van der Waals surface area contributed by atoms with Crippen LogP contribution in [0.3, 0.4) is 0 Å². The zero-order valence-corrected chi connectivity index (χ0v) is 31.1. The van der Waals surface area contributed by atoms with Gasteiger partial charge in [0.1, 0.15) is 6.23 Å². The van der Waals surface area contributed by atoms with Crippen molar-refractivity contribution in [2.24, 2.45) is 0 Å². The molecule has 260 valence electrons. The van der Waals surface area contributed by atoms with Crippen LogP contribution in [0.25, 0.3) is 21.8 Å². The van der Waals surface area contributed by atoms with E-state index in [2.05, 4.69) is 121 Å². The van der Waals surface area contributed by atoms with Crippen molar-refractivity contribution in [2.45, 2.75) is 123 Å². The van der Waals surface area contributed by atoms with E-state index in [0.717, 1.165) is 34.8 Å². The van der Waals surface area contributed by atoms with Crippen molar-refractivity contribution >= 4 is 31.8 Å². The number of nitrogens with zero attached hydrogens (tertiary/aromatic N) is 2. The number of fused-ring (bicyclic) bond motifs is 2. The van der Waals surface area contributed by atoms with E-state index in [9.17, 15) is 18.6 Å². The molecule has 0 bridgehead atoms. The van der Waals surface area contributed by atoms with Crippen molar-refractivity contribution in [3.05, 3.63) is 71.0 Å². The fourth-order valence-corrected chi connectivity index (χ4v) is 6.91. The molecular formula is C38H57N3O5S. The van der Waals surface area contributed by atoms with Crippen LogP contribution < -0.4 is 4.72 Å². The molecule has 0 fully saturated rings. The van der Waals surface area contributed by atoms with E-state index in [1.807, 2.05) is 10.6 Å². The van der Waals surface area contributed by atoms with Crippen LogP contribution in [-0.2, 0) is 44.1 Å². The fraction of sp³-hybridized carbons (Fsp3) is 0.579. The summed E-state index contributed by atoms with van der Waals surface area (Å²) in [6.07, 6.45) is -0.0202. The first-order valence-corrected chi connectivity index (χ1v) is 18.6. The SMILES string of the molecule is CC(CCOCC(O)Cn1c(C(C)(C)C)cc2cc(C(C)(C)C)ccc21)c1ccc2c(c1)cc(C(C)(C)C)n2CC(O)NS(C)(=O)=O. The first-order valence-electron chi connectivity index (χ1n) is 16.7. The van der Waals surface area contributed by atoms with Gasteiger partial charge in [-0.3, -0.25) is 0 Å². The summed E-state index contributed by atoms with van der Waals surface area (Å²) in [5.41, 5.74) is 6.56. The Morgan fingerprint density at radius 1 is 0.766 bits per heavy atom. The molecule has 0 saturated heterocycles. The molecule has 0 aliphatic carbocycles. The minimum atomic E-state index is -3.54. The normalized spacial score (nSPS) is 15.4. The minimum absolute atomic E-state index is 0.0672. The Hall–Kier alpha value is -2.69. The molecule has 0 spiro atoms. The van der Waals surface area contributed by atoms with Gasteiger partial charge in [0.2, 0.25) is 10.0 Å². The number of rotatable bonds is 12. The molecule has 0 radical (unpaired) electrons. The number of aliphatic hydroxyl groups is 2. The molecule has 2 heterocycles. The van der Waals surface area contributed by atoms with Gasteiger partial charge in [-0.05, 0) is 65.3 Å². The van der Waals surface area contributed by atoms with Crippen LogP contribution in [0, 0.1) is 0 Å². The summed E-state index contributed by atoms with van der Waals surface area (Å²) >= 11 is 0. The highest BCUT2D eigenvalue weighted by atomic mass is 32.2. The molecule has 0 aliphatic rings. The molecule has 8 nitrogen and oxygen atoms in total. The number of hydrogen-bond acceptors (Lipinski definition) is 5. The van der Waals surface area contributed by atoms with E-state index in [1.165, 1.54) is 22.2 Å². The van der Waals surface area contributed by atoms with Crippen molar-refractivity contribution in [2.75, 3.05) is 19.5 Å². The lowest BCUT2D eigenvalue weighted by Crippen LogP contribution is -2.37. The summed E-state index contributed by atoms with van der Waals surface area (Å²) < 4.78 is 35.9. The third kappa shape index (κ3) is 9.27. The topological polar surface area (TPSA) is 106 Å². The number of aromatic nitrogens is 2. The largest absolute Gasteiger partial charge is 0.389 e. The average molecular weight is 668 g/mol. The standard InChI is InChI=1S/C38H57N3O5S/c1-25(26-12-14-31-27(18-26)20-34(38(8,9)10)41(31)23-35(43)39-47(11,44)45)16-17-46-24-30(42)22-40-32-15-13-29(36(2,3)4)19-28(32)21-33(40)37(5,6)7/h12-15,18-21,25,30,35,39,42-43H,16-17,22-24H2,1-11H3. The van der Waals surface area contributed by atoms with Gasteiger partial charge in [0, 0.05) is 50.6 Å². The molecule has 0 saturated carbocycles. The van der Waals surface area contributed by atoms with Gasteiger partial charge in [-0.1, -0.05) is 81.4 Å². The molecule has 4 aromatic rings. The Labute approximate surface area is 282 Å². The van der Waals surface area contributed by atoms with Gasteiger partial charge < -0.3 is 24.1 Å². The third-order valence-electron chi connectivity index (χ3n) is 8.90. The molecular weight excluding hydrogens is 611 g/mol. The fourth-order valence-electron chi connectivity index (χ4n) is 6.34. The third-order valence-corrected chi connectivity index (χ3v) is 9.60. The van der Waals surface area contributed by atoms with Gasteiger partial charge in [0.05, 0.1) is 32.1 Å². The van der Waals surface area contributed by atoms with Crippen LogP contribution in [0.5, 0.6) is 0 Å². The Morgan fingerprint density at radius 3 is 1.83 bits per heavy atom. The maximum atomic E-state index is 11.7. The van der Waals surface area contributed by atoms with E-state index in [-0.39, 0.29) is 35.3 Å². The molecule has 2 aromatic carbocycles. The van der Waals surface area contributed by atoms with Crippen LogP contribution in [0.2, 0.25) is 0 Å². The van der Waals surface area contributed by atoms with Crippen molar-refractivity contribution in [3.8, 4) is 0 Å². The lowest BCUT2D eigenvalue weighted by Gasteiger charge is -2.24. The lowest BCUT2D eigenvalue weighted by molar-refractivity contribution is 0.0259. The second-order valence-corrected chi connectivity index (χ2v) is 18.2. The molecule has 0 aliphatic heterocycles. The molecule has 2 aromatic heterocycles. The predicted molar refractivity (Wildman–Crippen MR) is 194 cm³/mol. The average Bonchev–Trinajstić information content (AvgIpc) is 3.47. The highest BCUT2D eigenvalue weighted by Gasteiger charge is 2.25. The predicted octanol–water partition coefficient (Wildman–Crippen LogP) is 6.93. The van der Waals surface area contributed by atoms with E-state index in [0.29, 0.717) is 13.2 Å². The first kappa shape index (κ1) is 37.1. The Balaban J connectivity index is 1.41. The number of aliphatic hydroxyl groups excluding tert-OH is 2. The van der Waals surface area contributed by atoms with Gasteiger partial charge in [-0.15, -0.1) is 0 Å². The smallest absolute Gasteiger partial charge is 0.210 e. The molecule has 47 heavy (non-hydrogen) atoms. The first-order chi connectivity index (χ1) is 21.5. The van der Waals surface area contributed by atoms with Gasteiger partial charge >= 0.3 is 0 Å². The number of benzene rings is 2. The maximum absolute atomic E-state index is 11.7. The Kier molecular flexibility index (Phi) is 10.8. The molecule has 3 unspecified atom stereocenters. The second kappa shape index (κ2) is 13.7. The summed E-state index contributed by atoms with van der Waals surface area (Å²) in [5, 5.41) is 23.8.